The van der Waals surface area contributed by atoms with Gasteiger partial charge in [0, 0.05) is 53.7 Å². The van der Waals surface area contributed by atoms with Crippen molar-refractivity contribution in [1.82, 2.24) is 34.8 Å². The maximum Gasteiger partial charge on any atom is 0.326 e. The first-order valence-corrected chi connectivity index (χ1v) is 12.9. The van der Waals surface area contributed by atoms with E-state index in [0.29, 0.717) is 51.5 Å². The van der Waals surface area contributed by atoms with Gasteiger partial charge >= 0.3 is 5.69 Å². The van der Waals surface area contributed by atoms with Crippen LogP contribution in [-0.2, 0) is 0 Å². The summed E-state index contributed by atoms with van der Waals surface area (Å²) in [4.78, 5) is 40.8. The van der Waals surface area contributed by atoms with Crippen molar-refractivity contribution >= 4 is 46.4 Å². The second kappa shape index (κ2) is 10.7. The van der Waals surface area contributed by atoms with Crippen LogP contribution in [0.4, 0.5) is 17.2 Å². The zero-order valence-electron chi connectivity index (χ0n) is 21.1. The number of benzene rings is 2. The number of nitrogens with one attached hydrogen (secondary N) is 4. The molecule has 1 amide bonds. The van der Waals surface area contributed by atoms with Crippen LogP contribution in [0.15, 0.2) is 70.6 Å². The molecule has 5 N–H and O–H groups in total. The first-order valence-electron chi connectivity index (χ1n) is 12.5. The minimum Gasteiger partial charge on any atom is -0.493 e. The molecule has 40 heavy (non-hydrogen) atoms. The van der Waals surface area contributed by atoms with E-state index in [1.165, 1.54) is 0 Å². The van der Waals surface area contributed by atoms with Gasteiger partial charge in [0.05, 0.1) is 11.9 Å². The lowest BCUT2D eigenvalue weighted by atomic mass is 10.1. The van der Waals surface area contributed by atoms with Gasteiger partial charge in [-0.2, -0.15) is 9.61 Å². The number of aromatic nitrogens is 5. The van der Waals surface area contributed by atoms with Gasteiger partial charge < -0.3 is 25.6 Å². The van der Waals surface area contributed by atoms with Gasteiger partial charge in [0.15, 0.2) is 11.1 Å². The van der Waals surface area contributed by atoms with E-state index in [1.807, 2.05) is 23.1 Å². The number of H-pyrrole nitrogens is 2. The van der Waals surface area contributed by atoms with Crippen LogP contribution < -0.4 is 27.0 Å². The van der Waals surface area contributed by atoms with E-state index in [4.69, 9.17) is 21.6 Å². The third-order valence-electron chi connectivity index (χ3n) is 6.35. The van der Waals surface area contributed by atoms with Gasteiger partial charge in [-0.15, -0.1) is 0 Å². The van der Waals surface area contributed by atoms with Gasteiger partial charge in [-0.05, 0) is 42.5 Å². The lowest BCUT2D eigenvalue weighted by molar-refractivity contribution is 0.0736. The molecule has 1 saturated heterocycles. The first kappa shape index (κ1) is 25.3. The molecule has 12 nitrogen and oxygen atoms in total. The molecule has 1 fully saturated rings. The predicted octanol–water partition coefficient (Wildman–Crippen LogP) is 1.67. The number of imidazole rings is 1. The molecular weight excluding hydrogens is 534 g/mol. The smallest absolute Gasteiger partial charge is 0.326 e. The van der Waals surface area contributed by atoms with E-state index in [2.05, 4.69) is 25.7 Å². The number of carbonyl (C=O) groups is 1. The number of aromatic amines is 2. The number of aromatic hydroxyl groups is 1. The summed E-state index contributed by atoms with van der Waals surface area (Å²) in [5, 5.41) is 22.1. The highest BCUT2D eigenvalue weighted by Crippen LogP contribution is 2.19. The highest BCUT2D eigenvalue weighted by atomic mass is 35.5. The summed E-state index contributed by atoms with van der Waals surface area (Å²) >= 11 is 6.17. The Labute approximate surface area is 231 Å². The van der Waals surface area contributed by atoms with E-state index in [9.17, 15) is 14.7 Å². The standard InChI is InChI=1S/C27H24ClN9O3/c28-18-4-2-6-20(13-18)31-22-14-23(32-19-5-1-3-16(11-19)26(39)36-9-7-29-8-10-36)37-24(34-22)17(15-30-37)12-21-25(38)35-27(40)33-21/h1-6,11-15,29,31,38H,7-10H2,(H2,33,35,40). The minimum atomic E-state index is -0.539. The quantitative estimate of drug-likeness (QED) is 0.220. The molecule has 2 aromatic carbocycles. The predicted molar refractivity (Wildman–Crippen MR) is 150 cm³/mol. The van der Waals surface area contributed by atoms with Crippen LogP contribution >= 0.6 is 11.6 Å². The van der Waals surface area contributed by atoms with Crippen LogP contribution in [0.1, 0.15) is 16.1 Å². The molecule has 0 spiro atoms. The van der Waals surface area contributed by atoms with Gasteiger partial charge in [0.2, 0.25) is 5.88 Å². The van der Waals surface area contributed by atoms with Crippen LogP contribution in [0, 0.1) is 0 Å². The third kappa shape index (κ3) is 5.30. The Bertz CT molecular complexity index is 1900. The Morgan fingerprint density at radius 1 is 1.10 bits per heavy atom. The Hall–Kier alpha value is -4.94. The van der Waals surface area contributed by atoms with Crippen LogP contribution in [0.5, 0.6) is 5.88 Å². The lowest BCUT2D eigenvalue weighted by Crippen LogP contribution is -2.46. The molecule has 13 heteroatoms. The van der Waals surface area contributed by atoms with E-state index in [0.717, 1.165) is 18.8 Å². The molecule has 0 saturated carbocycles. The molecule has 1 aliphatic rings. The molecule has 0 radical (unpaired) electrons. The maximum atomic E-state index is 13.1. The number of carbonyl (C=O) groups excluding carboxylic acids is 1. The first-order chi connectivity index (χ1) is 19.4. The zero-order chi connectivity index (χ0) is 27.6. The van der Waals surface area contributed by atoms with Crippen LogP contribution in [0.3, 0.4) is 0 Å². The van der Waals surface area contributed by atoms with Crippen molar-refractivity contribution in [3.05, 3.63) is 98.3 Å². The van der Waals surface area contributed by atoms with Crippen molar-refractivity contribution in [2.45, 2.75) is 0 Å². The summed E-state index contributed by atoms with van der Waals surface area (Å²) in [7, 11) is 0. The van der Waals surface area contributed by atoms with E-state index >= 15 is 0 Å². The van der Waals surface area contributed by atoms with Gasteiger partial charge in [0.25, 0.3) is 5.91 Å². The fourth-order valence-electron chi connectivity index (χ4n) is 4.46. The Morgan fingerprint density at radius 2 is 1.93 bits per heavy atom. The lowest BCUT2D eigenvalue weighted by Gasteiger charge is -2.27. The normalized spacial score (nSPS) is 14.7. The maximum absolute atomic E-state index is 13.1. The Morgan fingerprint density at radius 3 is 2.70 bits per heavy atom. The molecule has 3 aromatic heterocycles. The average molecular weight is 558 g/mol. The number of hydrogen-bond donors (Lipinski definition) is 5. The van der Waals surface area contributed by atoms with Crippen LogP contribution in [0.25, 0.3) is 11.7 Å². The number of nitrogens with zero attached hydrogens (tertiary/aromatic N) is 5. The summed E-state index contributed by atoms with van der Waals surface area (Å²) in [5.74, 6) is 0.120. The van der Waals surface area contributed by atoms with E-state index in [-0.39, 0.29) is 17.5 Å². The van der Waals surface area contributed by atoms with Crippen molar-refractivity contribution in [2.75, 3.05) is 31.5 Å². The SMILES string of the molecule is O=C(c1cccc(N=c2cc(Nc3cccc(Cl)c3)nc3c(=Cc4[nH]c(=O)[nH]c4O)cnn23)c1)N1CCNCC1. The molecule has 1 aliphatic heterocycles. The van der Waals surface area contributed by atoms with E-state index in [1.54, 1.807) is 53.2 Å². The molecule has 6 rings (SSSR count). The fraction of sp³-hybridized carbons (Fsp3) is 0.148. The zero-order valence-corrected chi connectivity index (χ0v) is 21.8. The van der Waals surface area contributed by atoms with Gasteiger partial charge in [0.1, 0.15) is 11.5 Å². The van der Waals surface area contributed by atoms with Crippen molar-refractivity contribution in [1.29, 1.82) is 0 Å². The van der Waals surface area contributed by atoms with Crippen molar-refractivity contribution in [3.63, 3.8) is 0 Å². The number of amides is 1. The number of fused-ring (bicyclic) bond motifs is 1. The Balaban J connectivity index is 1.47. The highest BCUT2D eigenvalue weighted by Gasteiger charge is 2.18. The van der Waals surface area contributed by atoms with Crippen molar-refractivity contribution in [2.24, 2.45) is 4.99 Å². The van der Waals surface area contributed by atoms with Crippen LogP contribution in [0.2, 0.25) is 5.02 Å². The molecule has 0 atom stereocenters. The van der Waals surface area contributed by atoms with Gasteiger partial charge in [-0.25, -0.2) is 14.8 Å². The molecule has 4 heterocycles. The average Bonchev–Trinajstić information content (AvgIpc) is 3.50. The Kier molecular flexibility index (Phi) is 6.76. The second-order valence-electron chi connectivity index (χ2n) is 9.16. The van der Waals surface area contributed by atoms with E-state index < -0.39 is 5.69 Å². The van der Waals surface area contributed by atoms with Gasteiger partial charge in [-0.3, -0.25) is 9.78 Å². The largest absolute Gasteiger partial charge is 0.493 e. The number of hydrogen-bond acceptors (Lipinski definition) is 8. The fourth-order valence-corrected chi connectivity index (χ4v) is 4.65. The van der Waals surface area contributed by atoms with Crippen molar-refractivity contribution in [3.8, 4) is 5.88 Å². The summed E-state index contributed by atoms with van der Waals surface area (Å²) < 4.78 is 1.54. The molecule has 0 unspecified atom stereocenters. The molecule has 202 valence electrons. The number of anilines is 2. The van der Waals surface area contributed by atoms with Crippen LogP contribution in [-0.4, -0.2) is 66.7 Å². The minimum absolute atomic E-state index is 0.0435. The summed E-state index contributed by atoms with van der Waals surface area (Å²) in [6.45, 7) is 2.83. The molecule has 0 aliphatic carbocycles. The molecule has 0 bridgehead atoms. The topological polar surface area (TPSA) is 156 Å². The number of rotatable bonds is 5. The summed E-state index contributed by atoms with van der Waals surface area (Å²) in [5.41, 5.74) is 2.34. The molecule has 5 aromatic rings. The second-order valence-corrected chi connectivity index (χ2v) is 9.60. The number of halogens is 1. The number of piperazine rings is 1. The summed E-state index contributed by atoms with van der Waals surface area (Å²) in [6.07, 6.45) is 3.11. The third-order valence-corrected chi connectivity index (χ3v) is 6.59. The van der Waals surface area contributed by atoms with Crippen molar-refractivity contribution < 1.29 is 9.90 Å². The van der Waals surface area contributed by atoms with Gasteiger partial charge in [-0.1, -0.05) is 23.7 Å². The molecular formula is C27H24ClN9O3. The summed E-state index contributed by atoms with van der Waals surface area (Å²) in [6, 6.07) is 16.1. The monoisotopic (exact) mass is 557 g/mol. The highest BCUT2D eigenvalue weighted by molar-refractivity contribution is 6.30.